The van der Waals surface area contributed by atoms with Crippen LogP contribution in [0.5, 0.6) is 0 Å². The van der Waals surface area contributed by atoms with Crippen molar-refractivity contribution in [2.24, 2.45) is 5.41 Å². The van der Waals surface area contributed by atoms with Gasteiger partial charge in [0.1, 0.15) is 0 Å². The number of nitrogen functional groups attached to an aromatic ring is 1. The van der Waals surface area contributed by atoms with E-state index in [0.29, 0.717) is 5.02 Å². The van der Waals surface area contributed by atoms with Crippen molar-refractivity contribution in [3.8, 4) is 0 Å². The number of aromatic nitrogens is 1. The van der Waals surface area contributed by atoms with E-state index < -0.39 is 11.6 Å². The van der Waals surface area contributed by atoms with Gasteiger partial charge in [0, 0.05) is 27.1 Å². The molecule has 1 aliphatic carbocycles. The highest BCUT2D eigenvalue weighted by Gasteiger charge is 2.44. The number of carboxylic acids is 1. The molecule has 1 aliphatic rings. The molecule has 5 aromatic carbocycles. The number of aliphatic hydroxyl groups is 1. The van der Waals surface area contributed by atoms with Crippen LogP contribution in [0.4, 0.5) is 5.69 Å². The second kappa shape index (κ2) is 18.2. The van der Waals surface area contributed by atoms with Crippen LogP contribution in [-0.2, 0) is 23.2 Å². The molecule has 7 rings (SSSR count). The molecule has 1 atom stereocenters. The van der Waals surface area contributed by atoms with Crippen LogP contribution in [-0.4, -0.2) is 26.9 Å². The summed E-state index contributed by atoms with van der Waals surface area (Å²) in [6.07, 6.45) is 8.93. The highest BCUT2D eigenvalue weighted by molar-refractivity contribution is 7.99. The van der Waals surface area contributed by atoms with E-state index in [-0.39, 0.29) is 17.1 Å². The first kappa shape index (κ1) is 39.8. The number of aliphatic carboxylic acids is 1. The first-order valence-corrected chi connectivity index (χ1v) is 20.2. The van der Waals surface area contributed by atoms with Gasteiger partial charge in [-0.05, 0) is 115 Å². The van der Waals surface area contributed by atoms with E-state index in [1.165, 1.54) is 16.7 Å². The summed E-state index contributed by atoms with van der Waals surface area (Å²) in [5.74, 6) is 0.122. The van der Waals surface area contributed by atoms with E-state index in [4.69, 9.17) is 22.3 Å². The molecule has 5 nitrogen and oxygen atoms in total. The monoisotopic (exact) mass is 768 g/mol. The predicted molar refractivity (Wildman–Crippen MR) is 231 cm³/mol. The van der Waals surface area contributed by atoms with Gasteiger partial charge in [-0.3, -0.25) is 4.79 Å². The maximum absolute atomic E-state index is 11.5. The molecule has 1 heterocycles. The van der Waals surface area contributed by atoms with Crippen LogP contribution >= 0.6 is 23.4 Å². The minimum atomic E-state index is -0.911. The van der Waals surface area contributed by atoms with Crippen LogP contribution in [0.2, 0.25) is 5.02 Å². The number of benzene rings is 5. The van der Waals surface area contributed by atoms with Gasteiger partial charge in [-0.1, -0.05) is 127 Å². The van der Waals surface area contributed by atoms with Crippen molar-refractivity contribution in [2.45, 2.75) is 63.2 Å². The van der Waals surface area contributed by atoms with Gasteiger partial charge in [0.15, 0.2) is 0 Å². The fraction of sp³-hybridized carbons (Fsp3) is 0.250. The lowest BCUT2D eigenvalue weighted by molar-refractivity contribution is -0.138. The summed E-state index contributed by atoms with van der Waals surface area (Å²) in [6, 6.07) is 44.8. The maximum Gasteiger partial charge on any atom is 0.303 e. The van der Waals surface area contributed by atoms with E-state index in [1.807, 2.05) is 98.4 Å². The number of fused-ring (bicyclic) bond motifs is 1. The summed E-state index contributed by atoms with van der Waals surface area (Å²) in [4.78, 5) is 16.2. The Bertz CT molecular complexity index is 2240. The van der Waals surface area contributed by atoms with Crippen molar-refractivity contribution in [3.63, 3.8) is 0 Å². The molecule has 0 bridgehead atoms. The minimum Gasteiger partial charge on any atom is -0.481 e. The van der Waals surface area contributed by atoms with Crippen molar-refractivity contribution < 1.29 is 15.0 Å². The number of carboxylic acid groups (broad SMARTS) is 1. The molecule has 0 aliphatic heterocycles. The second-order valence-corrected chi connectivity index (χ2v) is 16.7. The number of nitrogens with two attached hydrogens (primary N) is 1. The molecule has 7 heteroatoms. The van der Waals surface area contributed by atoms with Crippen LogP contribution < -0.4 is 5.73 Å². The number of nitrogens with zero attached hydrogens (tertiary/aromatic N) is 1. The van der Waals surface area contributed by atoms with Crippen LogP contribution in [0, 0.1) is 5.41 Å². The Morgan fingerprint density at radius 1 is 0.873 bits per heavy atom. The Balaban J connectivity index is 0.000000307. The number of thioether (sulfide) groups is 1. The molecular formula is C48H49ClN2O3S. The Labute approximate surface area is 334 Å². The van der Waals surface area contributed by atoms with Crippen molar-refractivity contribution in [1.29, 1.82) is 0 Å². The zero-order chi connectivity index (χ0) is 38.8. The van der Waals surface area contributed by atoms with E-state index >= 15 is 0 Å². The van der Waals surface area contributed by atoms with Gasteiger partial charge < -0.3 is 15.9 Å². The largest absolute Gasteiger partial charge is 0.481 e. The van der Waals surface area contributed by atoms with Crippen LogP contribution in [0.25, 0.3) is 23.1 Å². The number of para-hydroxylation sites is 1. The van der Waals surface area contributed by atoms with E-state index in [1.54, 1.807) is 0 Å². The summed E-state index contributed by atoms with van der Waals surface area (Å²) < 4.78 is 0. The molecule has 4 N–H and O–H groups in total. The standard InChI is InChI=1S/C35H36ClNO3S.C13H13N/c1-34(2,40)30-9-4-3-7-25(30)13-17-32(41-23-35(18-19-35)22-33(38)39)27-8-5-6-24(20-27)10-15-29-16-12-26-11-14-28(36)21-31(26)37-29;14-13-9-5-4-8-12(13)10-11-6-2-1-3-7-11/h3-12,14-16,20-21,32,40H,13,17-19,22-23H2,1-2H3,(H,38,39);1-9H,10,14H2/b15-10+;/t32-;/m1./s1. The third-order valence-corrected chi connectivity index (χ3v) is 12.0. The zero-order valence-electron chi connectivity index (χ0n) is 31.5. The van der Waals surface area contributed by atoms with Gasteiger partial charge in [-0.2, -0.15) is 11.8 Å². The molecule has 1 aromatic heterocycles. The number of halogens is 1. The van der Waals surface area contributed by atoms with Gasteiger partial charge in [-0.15, -0.1) is 0 Å². The molecule has 1 saturated carbocycles. The third-order valence-electron chi connectivity index (χ3n) is 10.1. The van der Waals surface area contributed by atoms with Crippen LogP contribution in [0.15, 0.2) is 133 Å². The summed E-state index contributed by atoms with van der Waals surface area (Å²) in [7, 11) is 0. The number of anilines is 1. The molecule has 1 fully saturated rings. The van der Waals surface area contributed by atoms with E-state index in [2.05, 4.69) is 72.8 Å². The van der Waals surface area contributed by atoms with Gasteiger partial charge in [0.05, 0.1) is 23.2 Å². The van der Waals surface area contributed by atoms with Crippen LogP contribution in [0.3, 0.4) is 0 Å². The number of carbonyl (C=O) groups is 1. The van der Waals surface area contributed by atoms with Crippen LogP contribution in [0.1, 0.15) is 83.9 Å². The Morgan fingerprint density at radius 2 is 1.58 bits per heavy atom. The second-order valence-electron chi connectivity index (χ2n) is 15.1. The smallest absolute Gasteiger partial charge is 0.303 e. The van der Waals surface area contributed by atoms with Crippen molar-refractivity contribution >= 4 is 58.1 Å². The molecule has 6 aromatic rings. The summed E-state index contributed by atoms with van der Waals surface area (Å²) in [5, 5.41) is 22.1. The molecule has 0 unspecified atom stereocenters. The highest BCUT2D eigenvalue weighted by atomic mass is 35.5. The summed E-state index contributed by atoms with van der Waals surface area (Å²) in [5.41, 5.74) is 14.4. The Hall–Kier alpha value is -4.88. The molecule has 0 amide bonds. The lowest BCUT2D eigenvalue weighted by Gasteiger charge is -2.24. The Kier molecular flexibility index (Phi) is 13.1. The lowest BCUT2D eigenvalue weighted by Crippen LogP contribution is -2.18. The molecule has 0 spiro atoms. The SMILES string of the molecule is CC(C)(O)c1ccccc1CC[C@@H](SCC1(CC(=O)O)CC1)c1cccc(/C=C/c2ccc3ccc(Cl)cc3n2)c1.Nc1ccccc1Cc1ccccc1. The average molecular weight is 769 g/mol. The lowest BCUT2D eigenvalue weighted by atomic mass is 9.90. The van der Waals surface area contributed by atoms with Crippen molar-refractivity contribution in [1.82, 2.24) is 4.98 Å². The Morgan fingerprint density at radius 3 is 2.31 bits per heavy atom. The van der Waals surface area contributed by atoms with E-state index in [9.17, 15) is 15.0 Å². The average Bonchev–Trinajstić information content (AvgIpc) is 3.93. The molecule has 55 heavy (non-hydrogen) atoms. The van der Waals surface area contributed by atoms with Gasteiger partial charge in [0.2, 0.25) is 0 Å². The summed E-state index contributed by atoms with van der Waals surface area (Å²) >= 11 is 8.04. The zero-order valence-corrected chi connectivity index (χ0v) is 33.1. The maximum atomic E-state index is 11.5. The molecule has 0 saturated heterocycles. The third kappa shape index (κ3) is 11.6. The molecule has 282 valence electrons. The molecule has 0 radical (unpaired) electrons. The van der Waals surface area contributed by atoms with Crippen molar-refractivity contribution in [2.75, 3.05) is 11.5 Å². The highest BCUT2D eigenvalue weighted by Crippen LogP contribution is 2.53. The first-order chi connectivity index (χ1) is 26.5. The van der Waals surface area contributed by atoms with Gasteiger partial charge >= 0.3 is 5.97 Å². The number of hydrogen-bond donors (Lipinski definition) is 3. The number of aryl methyl sites for hydroxylation is 1. The van der Waals surface area contributed by atoms with Gasteiger partial charge in [0.25, 0.3) is 0 Å². The normalized spacial score (nSPS) is 14.0. The quantitative estimate of drug-likeness (QED) is 0.0955. The summed E-state index contributed by atoms with van der Waals surface area (Å²) in [6.45, 7) is 3.66. The number of pyridine rings is 1. The molecular weight excluding hydrogens is 720 g/mol. The topological polar surface area (TPSA) is 96.4 Å². The van der Waals surface area contributed by atoms with E-state index in [0.717, 1.165) is 76.8 Å². The number of rotatable bonds is 14. The number of hydrogen-bond acceptors (Lipinski definition) is 5. The van der Waals surface area contributed by atoms with Gasteiger partial charge in [-0.25, -0.2) is 4.98 Å². The fourth-order valence-electron chi connectivity index (χ4n) is 6.87. The van der Waals surface area contributed by atoms with Crippen molar-refractivity contribution in [3.05, 3.63) is 178 Å². The first-order valence-electron chi connectivity index (χ1n) is 18.8. The fourth-order valence-corrected chi connectivity index (χ4v) is 8.60. The minimum absolute atomic E-state index is 0.0814. The predicted octanol–water partition coefficient (Wildman–Crippen LogP) is 11.8.